The standard InChI is InChI=1S/C27H26F3N5O2/c1-17-15-35(16-31-17)22-10-9-20(13-23(22)37-2)32-25-33-21(14-24(34-25)26(36)11-3-4-12-26)18-5-7-19(8-6-18)27(28,29)30/h5-10,13-16,36H,3-4,11-12H2,1-2H3,(H,32,33,34). The molecule has 2 aromatic carbocycles. The van der Waals surface area contributed by atoms with E-state index in [1.54, 1.807) is 25.6 Å². The minimum absolute atomic E-state index is 0.223. The van der Waals surface area contributed by atoms with Crippen LogP contribution < -0.4 is 10.1 Å². The Kier molecular flexibility index (Phi) is 6.36. The smallest absolute Gasteiger partial charge is 0.416 e. The Morgan fingerprint density at radius 1 is 1.03 bits per heavy atom. The van der Waals surface area contributed by atoms with Crippen LogP contribution in [0.4, 0.5) is 24.8 Å². The highest BCUT2D eigenvalue weighted by Gasteiger charge is 2.35. The zero-order chi connectivity index (χ0) is 26.2. The van der Waals surface area contributed by atoms with Crippen LogP contribution in [-0.4, -0.2) is 31.7 Å². The number of aryl methyl sites for hydroxylation is 1. The molecule has 0 aliphatic heterocycles. The highest BCUT2D eigenvalue weighted by molar-refractivity contribution is 5.66. The van der Waals surface area contributed by atoms with Crippen LogP contribution in [0, 0.1) is 6.92 Å². The molecule has 10 heteroatoms. The maximum atomic E-state index is 13.1. The van der Waals surface area contributed by atoms with Crippen LogP contribution in [-0.2, 0) is 11.8 Å². The molecule has 5 rings (SSSR count). The average Bonchev–Trinajstić information content (AvgIpc) is 3.52. The Labute approximate surface area is 212 Å². The highest BCUT2D eigenvalue weighted by Crippen LogP contribution is 2.39. The Hall–Kier alpha value is -3.92. The highest BCUT2D eigenvalue weighted by atomic mass is 19.4. The van der Waals surface area contributed by atoms with Crippen LogP contribution in [0.2, 0.25) is 0 Å². The van der Waals surface area contributed by atoms with E-state index < -0.39 is 17.3 Å². The molecule has 0 bridgehead atoms. The second-order valence-corrected chi connectivity index (χ2v) is 9.21. The minimum atomic E-state index is -4.43. The third-order valence-corrected chi connectivity index (χ3v) is 6.57. The van der Waals surface area contributed by atoms with Crippen molar-refractivity contribution in [3.63, 3.8) is 0 Å². The van der Waals surface area contributed by atoms with Crippen molar-refractivity contribution < 1.29 is 23.0 Å². The van der Waals surface area contributed by atoms with Gasteiger partial charge in [0.2, 0.25) is 5.95 Å². The summed E-state index contributed by atoms with van der Waals surface area (Å²) in [6.45, 7) is 1.90. The van der Waals surface area contributed by atoms with Crippen molar-refractivity contribution in [2.45, 2.75) is 44.4 Å². The van der Waals surface area contributed by atoms with Gasteiger partial charge in [-0.25, -0.2) is 15.0 Å². The zero-order valence-electron chi connectivity index (χ0n) is 20.4. The van der Waals surface area contributed by atoms with Crippen molar-refractivity contribution in [1.82, 2.24) is 19.5 Å². The lowest BCUT2D eigenvalue weighted by atomic mass is 9.96. The number of aromatic nitrogens is 4. The molecule has 0 spiro atoms. The van der Waals surface area contributed by atoms with Gasteiger partial charge in [-0.15, -0.1) is 0 Å². The molecule has 4 aromatic rings. The summed E-state index contributed by atoms with van der Waals surface area (Å²) < 4.78 is 46.6. The number of anilines is 2. The molecule has 2 aromatic heterocycles. The van der Waals surface area contributed by atoms with Crippen LogP contribution in [0.15, 0.2) is 61.1 Å². The van der Waals surface area contributed by atoms with Gasteiger partial charge in [-0.2, -0.15) is 13.2 Å². The van der Waals surface area contributed by atoms with Crippen molar-refractivity contribution in [3.05, 3.63) is 78.0 Å². The quantitative estimate of drug-likeness (QED) is 0.323. The van der Waals surface area contributed by atoms with Crippen molar-refractivity contribution in [2.24, 2.45) is 0 Å². The van der Waals surface area contributed by atoms with E-state index >= 15 is 0 Å². The van der Waals surface area contributed by atoms with E-state index in [0.717, 1.165) is 36.4 Å². The van der Waals surface area contributed by atoms with Crippen LogP contribution >= 0.6 is 0 Å². The molecular weight excluding hydrogens is 483 g/mol. The predicted octanol–water partition coefficient (Wildman–Crippen LogP) is 6.17. The monoisotopic (exact) mass is 509 g/mol. The molecule has 0 radical (unpaired) electrons. The first-order valence-electron chi connectivity index (χ1n) is 11.9. The summed E-state index contributed by atoms with van der Waals surface area (Å²) in [5, 5.41) is 14.4. The van der Waals surface area contributed by atoms with E-state index in [2.05, 4.69) is 20.3 Å². The van der Waals surface area contributed by atoms with Gasteiger partial charge in [-0.3, -0.25) is 0 Å². The number of alkyl halides is 3. The summed E-state index contributed by atoms with van der Waals surface area (Å²) in [5.41, 5.74) is 1.81. The first-order valence-corrected chi connectivity index (χ1v) is 11.9. The van der Waals surface area contributed by atoms with Crippen molar-refractivity contribution in [3.8, 4) is 22.7 Å². The van der Waals surface area contributed by atoms with Crippen LogP contribution in [0.3, 0.4) is 0 Å². The summed E-state index contributed by atoms with van der Waals surface area (Å²) in [6, 6.07) is 12.0. The molecule has 7 nitrogen and oxygen atoms in total. The molecule has 1 fully saturated rings. The summed E-state index contributed by atoms with van der Waals surface area (Å²) in [6.07, 6.45) is 2.01. The van der Waals surface area contributed by atoms with Gasteiger partial charge in [0.25, 0.3) is 0 Å². The molecule has 0 unspecified atom stereocenters. The normalized spacial score (nSPS) is 15.1. The molecule has 1 aliphatic carbocycles. The van der Waals surface area contributed by atoms with Crippen LogP contribution in [0.25, 0.3) is 16.9 Å². The Morgan fingerprint density at radius 3 is 2.38 bits per heavy atom. The van der Waals surface area contributed by atoms with Gasteiger partial charge in [0.1, 0.15) is 11.4 Å². The summed E-state index contributed by atoms with van der Waals surface area (Å²) in [5.74, 6) is 0.817. The van der Waals surface area contributed by atoms with Gasteiger partial charge >= 0.3 is 6.18 Å². The summed E-state index contributed by atoms with van der Waals surface area (Å²) >= 11 is 0. The number of hydrogen-bond donors (Lipinski definition) is 2. The first kappa shape index (κ1) is 24.8. The molecule has 2 heterocycles. The lowest BCUT2D eigenvalue weighted by Crippen LogP contribution is -2.23. The molecule has 37 heavy (non-hydrogen) atoms. The maximum absolute atomic E-state index is 13.1. The number of benzene rings is 2. The summed E-state index contributed by atoms with van der Waals surface area (Å²) in [4.78, 5) is 13.4. The van der Waals surface area contributed by atoms with Crippen molar-refractivity contribution in [1.29, 1.82) is 0 Å². The fourth-order valence-corrected chi connectivity index (χ4v) is 4.59. The molecule has 192 valence electrons. The largest absolute Gasteiger partial charge is 0.494 e. The molecule has 1 saturated carbocycles. The van der Waals surface area contributed by atoms with Gasteiger partial charge in [-0.05, 0) is 50.1 Å². The number of nitrogens with zero attached hydrogens (tertiary/aromatic N) is 4. The molecule has 1 aliphatic rings. The van der Waals surface area contributed by atoms with Gasteiger partial charge in [0.05, 0.1) is 41.8 Å². The number of halogens is 3. The van der Waals surface area contributed by atoms with E-state index in [0.29, 0.717) is 41.2 Å². The van der Waals surface area contributed by atoms with E-state index in [-0.39, 0.29) is 5.95 Å². The predicted molar refractivity (Wildman–Crippen MR) is 133 cm³/mol. The third-order valence-electron chi connectivity index (χ3n) is 6.57. The molecule has 2 N–H and O–H groups in total. The summed E-state index contributed by atoms with van der Waals surface area (Å²) in [7, 11) is 1.57. The SMILES string of the molecule is COc1cc(Nc2nc(-c3ccc(C(F)(F)F)cc3)cc(C3(O)CCCC3)n2)ccc1-n1cnc(C)c1. The second kappa shape index (κ2) is 9.51. The molecule has 0 atom stereocenters. The van der Waals surface area contributed by atoms with Gasteiger partial charge in [0.15, 0.2) is 0 Å². The number of rotatable bonds is 6. The fraction of sp³-hybridized carbons (Fsp3) is 0.296. The fourth-order valence-electron chi connectivity index (χ4n) is 4.59. The zero-order valence-corrected chi connectivity index (χ0v) is 20.4. The number of ether oxygens (including phenoxy) is 1. The van der Waals surface area contributed by atoms with E-state index in [1.807, 2.05) is 29.8 Å². The maximum Gasteiger partial charge on any atom is 0.416 e. The Balaban J connectivity index is 1.52. The van der Waals surface area contributed by atoms with Crippen LogP contribution in [0.1, 0.15) is 42.6 Å². The van der Waals surface area contributed by atoms with Crippen LogP contribution in [0.5, 0.6) is 5.75 Å². The third kappa shape index (κ3) is 5.15. The number of hydrogen-bond acceptors (Lipinski definition) is 6. The van der Waals surface area contributed by atoms with Crippen molar-refractivity contribution >= 4 is 11.6 Å². The Morgan fingerprint density at radius 2 is 1.76 bits per heavy atom. The van der Waals surface area contributed by atoms with Gasteiger partial charge < -0.3 is 19.7 Å². The topological polar surface area (TPSA) is 85.1 Å². The number of aliphatic hydroxyl groups is 1. The number of imidazole rings is 1. The van der Waals surface area contributed by atoms with E-state index in [4.69, 9.17) is 4.74 Å². The number of methoxy groups -OCH3 is 1. The molecule has 0 amide bonds. The van der Waals surface area contributed by atoms with Gasteiger partial charge in [-0.1, -0.05) is 25.0 Å². The Bertz CT molecular complexity index is 1410. The van der Waals surface area contributed by atoms with Crippen molar-refractivity contribution in [2.75, 3.05) is 12.4 Å². The number of nitrogens with one attached hydrogen (secondary N) is 1. The second-order valence-electron chi connectivity index (χ2n) is 9.21. The molecular formula is C27H26F3N5O2. The molecule has 0 saturated heterocycles. The average molecular weight is 510 g/mol. The first-order chi connectivity index (χ1) is 17.6. The minimum Gasteiger partial charge on any atom is -0.494 e. The van der Waals surface area contributed by atoms with E-state index in [9.17, 15) is 18.3 Å². The van der Waals surface area contributed by atoms with E-state index in [1.165, 1.54) is 12.1 Å². The van der Waals surface area contributed by atoms with Gasteiger partial charge in [0, 0.05) is 23.5 Å². The lowest BCUT2D eigenvalue weighted by molar-refractivity contribution is -0.137. The lowest BCUT2D eigenvalue weighted by Gasteiger charge is -2.23.